The van der Waals surface area contributed by atoms with Gasteiger partial charge in [0.1, 0.15) is 12.2 Å². The van der Waals surface area contributed by atoms with Crippen molar-refractivity contribution in [1.82, 2.24) is 0 Å². The molecule has 0 aromatic rings. The normalized spacial score (nSPS) is 49.9. The first-order valence-electron chi connectivity index (χ1n) is 16.2. The third kappa shape index (κ3) is 3.55. The molecule has 0 radical (unpaired) electrons. The van der Waals surface area contributed by atoms with E-state index < -0.39 is 5.97 Å². The number of aliphatic carboxylic acids is 1. The Bertz CT molecular complexity index is 1110. The molecule has 2 bridgehead atoms. The van der Waals surface area contributed by atoms with Gasteiger partial charge >= 0.3 is 17.9 Å². The number of carboxylic acid groups (broad SMARTS) is 1. The molecule has 224 valence electrons. The molecule has 0 aromatic carbocycles. The van der Waals surface area contributed by atoms with E-state index in [4.69, 9.17) is 14.6 Å². The number of carbonyl (C=O) groups is 3. The van der Waals surface area contributed by atoms with Crippen LogP contribution in [0.3, 0.4) is 0 Å². The van der Waals surface area contributed by atoms with Gasteiger partial charge in [0.25, 0.3) is 0 Å². The second-order valence-corrected chi connectivity index (χ2v) is 16.9. The van der Waals surface area contributed by atoms with E-state index in [0.29, 0.717) is 23.7 Å². The van der Waals surface area contributed by atoms with Crippen LogP contribution in [-0.2, 0) is 23.9 Å². The monoisotopic (exact) mass is 556 g/mol. The minimum atomic E-state index is -0.961. The first-order chi connectivity index (χ1) is 18.5. The van der Waals surface area contributed by atoms with Crippen LogP contribution in [0, 0.1) is 56.2 Å². The molecular weight excluding hydrogens is 504 g/mol. The summed E-state index contributed by atoms with van der Waals surface area (Å²) in [6.45, 7) is 16.9. The molecule has 0 unspecified atom stereocenters. The number of esters is 2. The zero-order chi connectivity index (χ0) is 29.1. The second-order valence-electron chi connectivity index (χ2n) is 16.9. The largest absolute Gasteiger partial charge is 0.481 e. The van der Waals surface area contributed by atoms with Crippen LogP contribution in [0.5, 0.6) is 0 Å². The van der Waals surface area contributed by atoms with Gasteiger partial charge < -0.3 is 14.6 Å². The molecule has 1 N–H and O–H groups in total. The number of fused-ring (bicyclic) bond motifs is 5. The van der Waals surface area contributed by atoms with E-state index in [9.17, 15) is 14.4 Å². The maximum atomic E-state index is 13.4. The van der Waals surface area contributed by atoms with Crippen LogP contribution >= 0.6 is 0 Å². The fourth-order valence-electron chi connectivity index (χ4n) is 12.4. The molecule has 1 heterocycles. The Morgan fingerprint density at radius 2 is 1.52 bits per heavy atom. The third-order valence-corrected chi connectivity index (χ3v) is 14.8. The van der Waals surface area contributed by atoms with Crippen LogP contribution in [0.4, 0.5) is 0 Å². The molecule has 1 saturated heterocycles. The molecule has 0 spiro atoms. The van der Waals surface area contributed by atoms with Crippen molar-refractivity contribution in [1.29, 1.82) is 0 Å². The van der Waals surface area contributed by atoms with Crippen molar-refractivity contribution in [3.8, 4) is 0 Å². The Hall–Kier alpha value is -1.59. The summed E-state index contributed by atoms with van der Waals surface area (Å²) in [6, 6.07) is 0. The molecule has 5 aliphatic carbocycles. The first kappa shape index (κ1) is 28.5. The molecule has 6 heteroatoms. The van der Waals surface area contributed by atoms with Crippen LogP contribution in [0.1, 0.15) is 126 Å². The fourth-order valence-corrected chi connectivity index (χ4v) is 12.4. The Morgan fingerprint density at radius 1 is 0.825 bits per heavy atom. The molecular formula is C34H52O6. The van der Waals surface area contributed by atoms with Crippen LogP contribution in [0.15, 0.2) is 0 Å². The van der Waals surface area contributed by atoms with E-state index in [1.165, 1.54) is 19.3 Å². The molecule has 1 aliphatic heterocycles. The predicted molar refractivity (Wildman–Crippen MR) is 151 cm³/mol. The van der Waals surface area contributed by atoms with Gasteiger partial charge in [-0.25, -0.2) is 0 Å². The zero-order valence-electron chi connectivity index (χ0n) is 25.9. The molecule has 6 rings (SSSR count). The highest BCUT2D eigenvalue weighted by Crippen LogP contribution is 2.78. The standard InChI is InChI=1S/C34H52O6/c1-29(2)16-18-34-19-17-32(6)20(26(34)27(29)40-28(34)38)8-9-22-31(5)14-13-23(39-25(37)11-10-24(35)36)30(3,4)21(31)12-15-33(22,32)7/h20-23,26-27H,8-19H2,1-7H3,(H,35,36)/t20-,21-,22-,23-,26-,27-,31+,32-,33-,34+/m1/s1. The summed E-state index contributed by atoms with van der Waals surface area (Å²) in [5, 5.41) is 9.00. The Kier molecular flexibility index (Phi) is 6.22. The quantitative estimate of drug-likeness (QED) is 0.369. The van der Waals surface area contributed by atoms with Gasteiger partial charge in [0, 0.05) is 16.7 Å². The Labute approximate surface area is 240 Å². The highest BCUT2D eigenvalue weighted by molar-refractivity contribution is 5.81. The zero-order valence-corrected chi connectivity index (χ0v) is 25.9. The molecule has 40 heavy (non-hydrogen) atoms. The van der Waals surface area contributed by atoms with Crippen molar-refractivity contribution in [2.24, 2.45) is 56.2 Å². The minimum absolute atomic E-state index is 0.0459. The number of hydrogen-bond donors (Lipinski definition) is 1. The van der Waals surface area contributed by atoms with Gasteiger partial charge in [-0.3, -0.25) is 14.4 Å². The van der Waals surface area contributed by atoms with Gasteiger partial charge in [-0.15, -0.1) is 0 Å². The van der Waals surface area contributed by atoms with Crippen molar-refractivity contribution in [2.45, 2.75) is 138 Å². The predicted octanol–water partition coefficient (Wildman–Crippen LogP) is 7.18. The lowest BCUT2D eigenvalue weighted by Crippen LogP contribution is -2.68. The summed E-state index contributed by atoms with van der Waals surface area (Å²) in [7, 11) is 0. The highest BCUT2D eigenvalue weighted by atomic mass is 16.6. The van der Waals surface area contributed by atoms with Gasteiger partial charge in [0.2, 0.25) is 0 Å². The number of carbonyl (C=O) groups excluding carboxylic acids is 2. The fraction of sp³-hybridized carbons (Fsp3) is 0.912. The summed E-state index contributed by atoms with van der Waals surface area (Å²) in [5.74, 6) is 0.697. The van der Waals surface area contributed by atoms with E-state index >= 15 is 0 Å². The highest BCUT2D eigenvalue weighted by Gasteiger charge is 2.75. The topological polar surface area (TPSA) is 89.9 Å². The maximum Gasteiger partial charge on any atom is 0.312 e. The summed E-state index contributed by atoms with van der Waals surface area (Å²) in [4.78, 5) is 37.0. The van der Waals surface area contributed by atoms with Crippen LogP contribution in [0.25, 0.3) is 0 Å². The van der Waals surface area contributed by atoms with E-state index in [-0.39, 0.29) is 69.5 Å². The van der Waals surface area contributed by atoms with E-state index in [1.54, 1.807) is 0 Å². The van der Waals surface area contributed by atoms with Crippen LogP contribution in [-0.4, -0.2) is 35.2 Å². The smallest absolute Gasteiger partial charge is 0.312 e. The van der Waals surface area contributed by atoms with E-state index in [0.717, 1.165) is 44.9 Å². The van der Waals surface area contributed by atoms with Crippen molar-refractivity contribution in [2.75, 3.05) is 0 Å². The third-order valence-electron chi connectivity index (χ3n) is 14.8. The van der Waals surface area contributed by atoms with Crippen LogP contribution < -0.4 is 0 Å². The lowest BCUT2D eigenvalue weighted by atomic mass is 9.31. The summed E-state index contributed by atoms with van der Waals surface area (Å²) in [6.07, 6.45) is 10.4. The molecule has 6 aliphatic rings. The maximum absolute atomic E-state index is 13.4. The molecule has 0 aromatic heterocycles. The van der Waals surface area contributed by atoms with Crippen LogP contribution in [0.2, 0.25) is 0 Å². The Balaban J connectivity index is 1.28. The van der Waals surface area contributed by atoms with Gasteiger partial charge in [-0.2, -0.15) is 0 Å². The number of rotatable bonds is 4. The van der Waals surface area contributed by atoms with E-state index in [1.807, 2.05) is 0 Å². The van der Waals surface area contributed by atoms with Crippen molar-refractivity contribution < 1.29 is 29.0 Å². The summed E-state index contributed by atoms with van der Waals surface area (Å²) in [5.41, 5.74) is 0.189. The van der Waals surface area contributed by atoms with Gasteiger partial charge in [-0.1, -0.05) is 48.5 Å². The first-order valence-corrected chi connectivity index (χ1v) is 16.2. The number of carboxylic acids is 1. The second kappa shape index (κ2) is 8.72. The van der Waals surface area contributed by atoms with Gasteiger partial charge in [0.15, 0.2) is 0 Å². The average molecular weight is 557 g/mol. The molecule has 6 nitrogen and oxygen atoms in total. The lowest BCUT2D eigenvalue weighted by molar-refractivity contribution is -0.254. The number of hydrogen-bond acceptors (Lipinski definition) is 5. The van der Waals surface area contributed by atoms with Gasteiger partial charge in [-0.05, 0) is 98.2 Å². The molecule has 5 saturated carbocycles. The van der Waals surface area contributed by atoms with Crippen molar-refractivity contribution in [3.05, 3.63) is 0 Å². The summed E-state index contributed by atoms with van der Waals surface area (Å²) < 4.78 is 12.3. The minimum Gasteiger partial charge on any atom is -0.481 e. The average Bonchev–Trinajstić information content (AvgIpc) is 3.12. The SMILES string of the molecule is CC1(C)CC[C@]23CC[C@]4(C)[C@H](CC[C@@H]5[C@@]6(C)CC[C@@H](OC(=O)CCC(=O)O)C(C)(C)[C@H]6CC[C@]54C)[C@@H]2[C@H]1OC3=O. The molecule has 6 fully saturated rings. The summed E-state index contributed by atoms with van der Waals surface area (Å²) >= 11 is 0. The number of ether oxygens (including phenoxy) is 2. The van der Waals surface area contributed by atoms with Gasteiger partial charge in [0.05, 0.1) is 18.3 Å². The molecule has 0 amide bonds. The lowest BCUT2D eigenvalue weighted by Gasteiger charge is -2.73. The van der Waals surface area contributed by atoms with E-state index in [2.05, 4.69) is 48.5 Å². The molecule has 10 atom stereocenters. The van der Waals surface area contributed by atoms with Crippen molar-refractivity contribution >= 4 is 17.9 Å². The Morgan fingerprint density at radius 3 is 2.23 bits per heavy atom. The van der Waals surface area contributed by atoms with Crippen molar-refractivity contribution in [3.63, 3.8) is 0 Å².